The van der Waals surface area contributed by atoms with E-state index >= 15 is 0 Å². The van der Waals surface area contributed by atoms with Crippen molar-refractivity contribution in [2.75, 3.05) is 18.8 Å². The van der Waals surface area contributed by atoms with Gasteiger partial charge in [-0.15, -0.1) is 0 Å². The summed E-state index contributed by atoms with van der Waals surface area (Å²) >= 11 is 0. The second-order valence-electron chi connectivity index (χ2n) is 8.87. The van der Waals surface area contributed by atoms with Crippen LogP contribution in [0.2, 0.25) is 0 Å². The molecule has 0 saturated heterocycles. The molecule has 3 aromatic rings. The summed E-state index contributed by atoms with van der Waals surface area (Å²) in [7, 11) is 0. The molecule has 1 atom stereocenters. The molecule has 0 aliphatic rings. The summed E-state index contributed by atoms with van der Waals surface area (Å²) in [6.07, 6.45) is -6.96. The van der Waals surface area contributed by atoms with Crippen LogP contribution in [0.1, 0.15) is 33.0 Å². The van der Waals surface area contributed by atoms with Crippen LogP contribution in [0.15, 0.2) is 53.5 Å². The number of aromatic nitrogens is 2. The third kappa shape index (κ3) is 8.14. The Morgan fingerprint density at radius 3 is 2.33 bits per heavy atom. The van der Waals surface area contributed by atoms with Crippen molar-refractivity contribution in [3.05, 3.63) is 93.0 Å². The zero-order chi connectivity index (χ0) is 31.4. The van der Waals surface area contributed by atoms with Gasteiger partial charge in [0.15, 0.2) is 0 Å². The van der Waals surface area contributed by atoms with E-state index in [1.165, 1.54) is 12.2 Å². The van der Waals surface area contributed by atoms with Gasteiger partial charge in [-0.1, -0.05) is 24.3 Å². The number of hydrogen-bond acceptors (Lipinski definition) is 5. The van der Waals surface area contributed by atoms with Crippen LogP contribution in [0.5, 0.6) is 0 Å². The van der Waals surface area contributed by atoms with Crippen molar-refractivity contribution in [1.82, 2.24) is 20.2 Å². The average Bonchev–Trinajstić information content (AvgIpc) is 2.87. The average molecular weight is 603 g/mol. The summed E-state index contributed by atoms with van der Waals surface area (Å²) in [6.45, 7) is -1.32. The van der Waals surface area contributed by atoms with E-state index in [2.05, 4.69) is 4.98 Å². The molecule has 0 aliphatic carbocycles. The van der Waals surface area contributed by atoms with E-state index in [0.29, 0.717) is 10.6 Å². The SMILES string of the molecule is Cc1cc(C(/C=C/c2ccc(C(=O)NCC(=O)NCC(F)(F)F)c(F)c2)C(F)(F)F)cc(-n2ccc(N)nc2=O)c1F. The van der Waals surface area contributed by atoms with Crippen LogP contribution in [-0.2, 0) is 4.79 Å². The lowest BCUT2D eigenvalue weighted by atomic mass is 9.94. The van der Waals surface area contributed by atoms with Gasteiger partial charge in [-0.3, -0.25) is 14.2 Å². The maximum atomic E-state index is 14.8. The number of carbonyl (C=O) groups excluding carboxylic acids is 2. The molecule has 0 fully saturated rings. The van der Waals surface area contributed by atoms with Crippen molar-refractivity contribution in [2.24, 2.45) is 0 Å². The Kier molecular flexibility index (Phi) is 9.38. The molecule has 0 radical (unpaired) electrons. The number of carbonyl (C=O) groups is 2. The molecule has 0 aliphatic heterocycles. The van der Waals surface area contributed by atoms with Crippen LogP contribution in [0.3, 0.4) is 0 Å². The molecule has 0 bridgehead atoms. The van der Waals surface area contributed by atoms with Gasteiger partial charge in [-0.25, -0.2) is 13.6 Å². The number of nitrogens with zero attached hydrogens (tertiary/aromatic N) is 2. The van der Waals surface area contributed by atoms with Crippen molar-refractivity contribution in [1.29, 1.82) is 0 Å². The smallest absolute Gasteiger partial charge is 0.383 e. The van der Waals surface area contributed by atoms with E-state index < -0.39 is 77.3 Å². The zero-order valence-corrected chi connectivity index (χ0v) is 21.4. The van der Waals surface area contributed by atoms with Crippen molar-refractivity contribution in [3.63, 3.8) is 0 Å². The van der Waals surface area contributed by atoms with Gasteiger partial charge < -0.3 is 16.4 Å². The van der Waals surface area contributed by atoms with E-state index in [4.69, 9.17) is 5.73 Å². The minimum atomic E-state index is -4.91. The van der Waals surface area contributed by atoms with Crippen molar-refractivity contribution in [2.45, 2.75) is 25.2 Å². The van der Waals surface area contributed by atoms with Gasteiger partial charge >= 0.3 is 18.0 Å². The monoisotopic (exact) mass is 603 g/mol. The molecule has 4 N–H and O–H groups in total. The second-order valence-corrected chi connectivity index (χ2v) is 8.87. The molecule has 2 aromatic carbocycles. The lowest BCUT2D eigenvalue weighted by Crippen LogP contribution is -2.41. The quantitative estimate of drug-likeness (QED) is 0.334. The highest BCUT2D eigenvalue weighted by Crippen LogP contribution is 2.38. The third-order valence-corrected chi connectivity index (χ3v) is 5.67. The Labute approximate surface area is 231 Å². The molecular formula is C26H21F8N5O3. The molecule has 2 amide bonds. The van der Waals surface area contributed by atoms with Gasteiger partial charge in [0, 0.05) is 6.20 Å². The summed E-state index contributed by atoms with van der Waals surface area (Å²) < 4.78 is 109. The zero-order valence-electron chi connectivity index (χ0n) is 21.4. The molecule has 224 valence electrons. The number of aryl methyl sites for hydroxylation is 1. The highest BCUT2D eigenvalue weighted by Gasteiger charge is 2.39. The fourth-order valence-corrected chi connectivity index (χ4v) is 3.69. The number of alkyl halides is 6. The number of nitrogens with one attached hydrogen (secondary N) is 2. The Morgan fingerprint density at radius 1 is 1.05 bits per heavy atom. The van der Waals surface area contributed by atoms with Crippen LogP contribution in [0.25, 0.3) is 11.8 Å². The van der Waals surface area contributed by atoms with Crippen molar-refractivity contribution >= 4 is 23.7 Å². The van der Waals surface area contributed by atoms with E-state index in [9.17, 15) is 49.5 Å². The molecule has 0 spiro atoms. The highest BCUT2D eigenvalue weighted by atomic mass is 19.4. The van der Waals surface area contributed by atoms with Crippen molar-refractivity contribution < 1.29 is 44.7 Å². The topological polar surface area (TPSA) is 119 Å². The Bertz CT molecular complexity index is 1580. The fraction of sp³-hybridized carbons (Fsp3) is 0.231. The first-order chi connectivity index (χ1) is 19.5. The molecule has 8 nitrogen and oxygen atoms in total. The van der Waals surface area contributed by atoms with Gasteiger partial charge in [-0.05, 0) is 47.9 Å². The molecule has 42 heavy (non-hydrogen) atoms. The van der Waals surface area contributed by atoms with E-state index in [-0.39, 0.29) is 16.9 Å². The Hall–Kier alpha value is -4.76. The summed E-state index contributed by atoms with van der Waals surface area (Å²) in [5.74, 6) is -7.01. The van der Waals surface area contributed by atoms with Gasteiger partial charge in [0.2, 0.25) is 5.91 Å². The standard InChI is InChI=1S/C26H21F8N5O3/c1-13-8-15(10-19(22(13)28)39-7-6-20(35)38-24(39)42)17(26(32,33)34)5-3-14-2-4-16(18(27)9-14)23(41)36-11-21(40)37-12-25(29,30)31/h2-10,17H,11-12H2,1H3,(H,36,41)(H,37,40)(H2,35,38,42)/b5-3+. The number of nitrogens with two attached hydrogens (primary N) is 1. The Balaban J connectivity index is 1.85. The molecule has 16 heteroatoms. The minimum Gasteiger partial charge on any atom is -0.383 e. The lowest BCUT2D eigenvalue weighted by Gasteiger charge is -2.20. The van der Waals surface area contributed by atoms with Gasteiger partial charge in [0.25, 0.3) is 5.91 Å². The first-order valence-corrected chi connectivity index (χ1v) is 11.8. The van der Waals surface area contributed by atoms with Crippen LogP contribution < -0.4 is 22.1 Å². The number of benzene rings is 2. The first-order valence-electron chi connectivity index (χ1n) is 11.8. The van der Waals surface area contributed by atoms with E-state index in [1.807, 2.05) is 5.32 Å². The fourth-order valence-electron chi connectivity index (χ4n) is 3.69. The number of hydrogen-bond donors (Lipinski definition) is 3. The molecule has 1 unspecified atom stereocenters. The molecule has 3 rings (SSSR count). The lowest BCUT2D eigenvalue weighted by molar-refractivity contribution is -0.139. The van der Waals surface area contributed by atoms with Gasteiger partial charge in [-0.2, -0.15) is 31.3 Å². The summed E-state index contributed by atoms with van der Waals surface area (Å²) in [6, 6.07) is 5.64. The largest absolute Gasteiger partial charge is 0.405 e. The second kappa shape index (κ2) is 12.4. The number of nitrogen functional groups attached to an aromatic ring is 1. The highest BCUT2D eigenvalue weighted by molar-refractivity contribution is 5.96. The number of amides is 2. The molecule has 1 aromatic heterocycles. The Morgan fingerprint density at radius 2 is 1.74 bits per heavy atom. The number of rotatable bonds is 8. The van der Waals surface area contributed by atoms with Crippen LogP contribution in [0.4, 0.5) is 40.9 Å². The van der Waals surface area contributed by atoms with Crippen LogP contribution in [-0.4, -0.2) is 46.8 Å². The predicted molar refractivity (Wildman–Crippen MR) is 135 cm³/mol. The number of allylic oxidation sites excluding steroid dienone is 1. The summed E-state index contributed by atoms with van der Waals surface area (Å²) in [5.41, 5.74) is 2.51. The molecular weight excluding hydrogens is 582 g/mol. The van der Waals surface area contributed by atoms with Crippen molar-refractivity contribution in [3.8, 4) is 5.69 Å². The summed E-state index contributed by atoms with van der Waals surface area (Å²) in [5, 5.41) is 3.44. The maximum Gasteiger partial charge on any atom is 0.405 e. The predicted octanol–water partition coefficient (Wildman–Crippen LogP) is 4.17. The minimum absolute atomic E-state index is 0.112. The first kappa shape index (κ1) is 31.8. The van der Waals surface area contributed by atoms with Crippen LogP contribution >= 0.6 is 0 Å². The number of anilines is 1. The van der Waals surface area contributed by atoms with Gasteiger partial charge in [0.1, 0.15) is 24.0 Å². The number of halogens is 8. The van der Waals surface area contributed by atoms with Crippen LogP contribution in [0, 0.1) is 18.6 Å². The van der Waals surface area contributed by atoms with E-state index in [1.54, 1.807) is 0 Å². The maximum absolute atomic E-state index is 14.8. The molecule has 1 heterocycles. The normalized spacial score (nSPS) is 12.8. The van der Waals surface area contributed by atoms with Gasteiger partial charge in [0.05, 0.1) is 23.7 Å². The molecule has 0 saturated carbocycles. The van der Waals surface area contributed by atoms with E-state index in [0.717, 1.165) is 48.7 Å². The third-order valence-electron chi connectivity index (χ3n) is 5.67. The summed E-state index contributed by atoms with van der Waals surface area (Å²) in [4.78, 5) is 39.2.